The van der Waals surface area contributed by atoms with E-state index in [4.69, 9.17) is 5.73 Å². The Morgan fingerprint density at radius 2 is 1.95 bits per heavy atom. The molecule has 2 heterocycles. The van der Waals surface area contributed by atoms with Crippen molar-refractivity contribution in [1.82, 2.24) is 24.2 Å². The molecule has 1 fully saturated rings. The molecule has 1 saturated heterocycles. The molecule has 1 aromatic rings. The molecule has 0 spiro atoms. The number of piperazine rings is 1. The smallest absolute Gasteiger partial charge is 0.211 e. The van der Waals surface area contributed by atoms with Gasteiger partial charge in [-0.1, -0.05) is 5.21 Å². The van der Waals surface area contributed by atoms with E-state index in [-0.39, 0.29) is 0 Å². The van der Waals surface area contributed by atoms with Gasteiger partial charge in [-0.05, 0) is 0 Å². The van der Waals surface area contributed by atoms with Crippen molar-refractivity contribution in [2.24, 2.45) is 5.73 Å². The van der Waals surface area contributed by atoms with E-state index in [1.807, 2.05) is 6.20 Å². The number of rotatable bonds is 5. The molecule has 9 heteroatoms. The highest BCUT2D eigenvalue weighted by atomic mass is 32.2. The van der Waals surface area contributed by atoms with Crippen LogP contribution < -0.4 is 5.73 Å². The molecule has 2 N–H and O–H groups in total. The number of hydrogen-bond donors (Lipinski definition) is 1. The van der Waals surface area contributed by atoms with E-state index in [1.165, 1.54) is 10.6 Å². The first-order valence-electron chi connectivity index (χ1n) is 6.25. The normalized spacial score (nSPS) is 18.8. The Balaban J connectivity index is 1.77. The Hall–Kier alpha value is -1.03. The summed E-state index contributed by atoms with van der Waals surface area (Å²) in [6.07, 6.45) is 3.10. The molecule has 0 atom stereocenters. The molecule has 0 amide bonds. The molecule has 1 aromatic heterocycles. The summed E-state index contributed by atoms with van der Waals surface area (Å²) in [6, 6.07) is 0. The molecule has 0 saturated carbocycles. The number of sulfonamides is 1. The topological polar surface area (TPSA) is 97.4 Å². The Bertz CT molecular complexity index is 506. The summed E-state index contributed by atoms with van der Waals surface area (Å²) in [4.78, 5) is 2.23. The predicted octanol–water partition coefficient (Wildman–Crippen LogP) is -1.69. The molecular formula is C10H20N6O2S. The van der Waals surface area contributed by atoms with Crippen LogP contribution in [0.1, 0.15) is 5.69 Å². The minimum absolute atomic E-state index is 0.396. The summed E-state index contributed by atoms with van der Waals surface area (Å²) in [5, 5.41) is 7.90. The Morgan fingerprint density at radius 1 is 1.26 bits per heavy atom. The fourth-order valence-corrected chi connectivity index (χ4v) is 2.90. The molecular weight excluding hydrogens is 268 g/mol. The fraction of sp³-hybridized carbons (Fsp3) is 0.800. The van der Waals surface area contributed by atoms with E-state index in [0.717, 1.165) is 31.9 Å². The number of aromatic nitrogens is 3. The number of nitrogens with two attached hydrogens (primary N) is 1. The van der Waals surface area contributed by atoms with Crippen molar-refractivity contribution in [2.75, 3.05) is 39.0 Å². The summed E-state index contributed by atoms with van der Waals surface area (Å²) in [5.74, 6) is 0. The van der Waals surface area contributed by atoms with Crippen LogP contribution in [0, 0.1) is 0 Å². The van der Waals surface area contributed by atoms with Gasteiger partial charge in [-0.25, -0.2) is 8.42 Å². The third-order valence-electron chi connectivity index (χ3n) is 3.24. The zero-order valence-corrected chi connectivity index (χ0v) is 11.9. The van der Waals surface area contributed by atoms with Gasteiger partial charge in [0.25, 0.3) is 0 Å². The average Bonchev–Trinajstić information content (AvgIpc) is 2.84. The van der Waals surface area contributed by atoms with Crippen molar-refractivity contribution in [3.8, 4) is 0 Å². The molecule has 1 aliphatic rings. The highest BCUT2D eigenvalue weighted by Gasteiger charge is 2.22. The summed E-state index contributed by atoms with van der Waals surface area (Å²) in [5.41, 5.74) is 6.25. The van der Waals surface area contributed by atoms with Crippen molar-refractivity contribution in [3.63, 3.8) is 0 Å². The number of hydrogen-bond acceptors (Lipinski definition) is 6. The van der Waals surface area contributed by atoms with Gasteiger partial charge in [-0.2, -0.15) is 4.31 Å². The first-order valence-corrected chi connectivity index (χ1v) is 8.10. The van der Waals surface area contributed by atoms with Gasteiger partial charge in [-0.3, -0.25) is 9.58 Å². The lowest BCUT2D eigenvalue weighted by Crippen LogP contribution is -2.48. The zero-order valence-electron chi connectivity index (χ0n) is 11.1. The fourth-order valence-electron chi connectivity index (χ4n) is 2.07. The van der Waals surface area contributed by atoms with E-state index in [9.17, 15) is 8.42 Å². The SMILES string of the molecule is CS(=O)(=O)N1CCN(CCn2cc(CN)nn2)CC1. The minimum Gasteiger partial charge on any atom is -0.325 e. The monoisotopic (exact) mass is 288 g/mol. The highest BCUT2D eigenvalue weighted by molar-refractivity contribution is 7.88. The van der Waals surface area contributed by atoms with E-state index >= 15 is 0 Å². The average molecular weight is 288 g/mol. The standard InChI is InChI=1S/C10H20N6O2S/c1-19(17,18)16-6-3-14(4-7-16)2-5-15-9-10(8-11)12-13-15/h9H,2-8,11H2,1H3. The lowest BCUT2D eigenvalue weighted by atomic mass is 10.3. The molecule has 0 aromatic carbocycles. The first kappa shape index (κ1) is 14.4. The molecule has 0 radical (unpaired) electrons. The van der Waals surface area contributed by atoms with Crippen molar-refractivity contribution < 1.29 is 8.42 Å². The second kappa shape index (κ2) is 5.95. The third-order valence-corrected chi connectivity index (χ3v) is 4.54. The largest absolute Gasteiger partial charge is 0.325 e. The summed E-state index contributed by atoms with van der Waals surface area (Å²) < 4.78 is 26.1. The zero-order chi connectivity index (χ0) is 13.9. The van der Waals surface area contributed by atoms with Crippen LogP contribution in [0.3, 0.4) is 0 Å². The van der Waals surface area contributed by atoms with Gasteiger partial charge < -0.3 is 5.73 Å². The molecule has 0 aliphatic carbocycles. The number of nitrogens with zero attached hydrogens (tertiary/aromatic N) is 5. The van der Waals surface area contributed by atoms with Crippen LogP contribution >= 0.6 is 0 Å². The van der Waals surface area contributed by atoms with Crippen LogP contribution in [0.5, 0.6) is 0 Å². The van der Waals surface area contributed by atoms with Crippen LogP contribution in [0.25, 0.3) is 0 Å². The quantitative estimate of drug-likeness (QED) is 0.694. The summed E-state index contributed by atoms with van der Waals surface area (Å²) in [7, 11) is -3.05. The lowest BCUT2D eigenvalue weighted by Gasteiger charge is -2.33. The van der Waals surface area contributed by atoms with Gasteiger partial charge in [0, 0.05) is 45.5 Å². The van der Waals surface area contributed by atoms with Crippen LogP contribution in [0.4, 0.5) is 0 Å². The molecule has 1 aliphatic heterocycles. The van der Waals surface area contributed by atoms with Crippen LogP contribution in [-0.2, 0) is 23.1 Å². The Labute approximate surface area is 113 Å². The molecule has 8 nitrogen and oxygen atoms in total. The Kier molecular flexibility index (Phi) is 4.50. The maximum absolute atomic E-state index is 11.4. The second-order valence-electron chi connectivity index (χ2n) is 4.68. The summed E-state index contributed by atoms with van der Waals surface area (Å²) in [6.45, 7) is 4.61. The van der Waals surface area contributed by atoms with Gasteiger partial charge in [0.2, 0.25) is 10.0 Å². The van der Waals surface area contributed by atoms with Crippen LogP contribution in [0.15, 0.2) is 6.20 Å². The van der Waals surface area contributed by atoms with E-state index in [2.05, 4.69) is 15.2 Å². The summed E-state index contributed by atoms with van der Waals surface area (Å²) >= 11 is 0. The van der Waals surface area contributed by atoms with Crippen molar-refractivity contribution in [2.45, 2.75) is 13.1 Å². The van der Waals surface area contributed by atoms with Gasteiger partial charge in [-0.15, -0.1) is 5.10 Å². The van der Waals surface area contributed by atoms with E-state index < -0.39 is 10.0 Å². The molecule has 2 rings (SSSR count). The van der Waals surface area contributed by atoms with Crippen molar-refractivity contribution in [1.29, 1.82) is 0 Å². The van der Waals surface area contributed by atoms with Crippen molar-refractivity contribution >= 4 is 10.0 Å². The second-order valence-corrected chi connectivity index (χ2v) is 6.66. The van der Waals surface area contributed by atoms with Crippen LogP contribution in [0.2, 0.25) is 0 Å². The maximum atomic E-state index is 11.4. The maximum Gasteiger partial charge on any atom is 0.211 e. The lowest BCUT2D eigenvalue weighted by molar-refractivity contribution is 0.181. The van der Waals surface area contributed by atoms with Gasteiger partial charge in [0.05, 0.1) is 18.5 Å². The van der Waals surface area contributed by atoms with Gasteiger partial charge >= 0.3 is 0 Å². The van der Waals surface area contributed by atoms with Crippen LogP contribution in [-0.4, -0.2) is 71.6 Å². The predicted molar refractivity (Wildman–Crippen MR) is 70.8 cm³/mol. The molecule has 0 bridgehead atoms. The molecule has 0 unspecified atom stereocenters. The third kappa shape index (κ3) is 3.96. The minimum atomic E-state index is -3.05. The first-order chi connectivity index (χ1) is 8.99. The molecule has 19 heavy (non-hydrogen) atoms. The molecule has 108 valence electrons. The van der Waals surface area contributed by atoms with Gasteiger partial charge in [0.1, 0.15) is 0 Å². The van der Waals surface area contributed by atoms with Gasteiger partial charge in [0.15, 0.2) is 0 Å². The highest BCUT2D eigenvalue weighted by Crippen LogP contribution is 2.05. The van der Waals surface area contributed by atoms with Crippen molar-refractivity contribution in [3.05, 3.63) is 11.9 Å². The van der Waals surface area contributed by atoms with E-state index in [1.54, 1.807) is 4.68 Å². The van der Waals surface area contributed by atoms with E-state index in [0.29, 0.717) is 19.6 Å². The Morgan fingerprint density at radius 3 is 2.47 bits per heavy atom.